The number of rotatable bonds is 11. The van der Waals surface area contributed by atoms with Gasteiger partial charge in [-0.3, -0.25) is 4.79 Å². The first-order chi connectivity index (χ1) is 7.81. The number of carbonyl (C=O) groups is 2. The Morgan fingerprint density at radius 2 is 1.56 bits per heavy atom. The van der Waals surface area contributed by atoms with Gasteiger partial charge in [0.25, 0.3) is 0 Å². The van der Waals surface area contributed by atoms with Gasteiger partial charge in [0, 0.05) is 13.0 Å². The molecule has 0 aromatic rings. The molecule has 0 aliphatic rings. The molecule has 0 saturated carbocycles. The van der Waals surface area contributed by atoms with Gasteiger partial charge in [0.1, 0.15) is 6.29 Å². The Morgan fingerprint density at radius 1 is 1.00 bits per heavy atom. The van der Waals surface area contributed by atoms with E-state index in [9.17, 15) is 9.59 Å². The summed E-state index contributed by atoms with van der Waals surface area (Å²) in [4.78, 5) is 20.8. The SMILES string of the molecule is C=CC(=O)NCCCCCCCCCC=O. The van der Waals surface area contributed by atoms with Crippen LogP contribution in [0, 0.1) is 0 Å². The van der Waals surface area contributed by atoms with Crippen LogP contribution in [-0.4, -0.2) is 18.7 Å². The molecule has 0 saturated heterocycles. The summed E-state index contributed by atoms with van der Waals surface area (Å²) in [6, 6.07) is 0. The van der Waals surface area contributed by atoms with Gasteiger partial charge in [-0.05, 0) is 18.9 Å². The molecule has 0 aliphatic carbocycles. The Hall–Kier alpha value is -1.12. The second-order valence-electron chi connectivity index (χ2n) is 3.93. The highest BCUT2D eigenvalue weighted by Gasteiger charge is 1.94. The van der Waals surface area contributed by atoms with E-state index in [4.69, 9.17) is 0 Å². The third-order valence-electron chi connectivity index (χ3n) is 2.48. The topological polar surface area (TPSA) is 46.2 Å². The predicted octanol–water partition coefficient (Wildman–Crippen LogP) is 2.61. The quantitative estimate of drug-likeness (QED) is 0.334. The predicted molar refractivity (Wildman–Crippen MR) is 66.2 cm³/mol. The van der Waals surface area contributed by atoms with Crippen molar-refractivity contribution in [1.82, 2.24) is 5.32 Å². The number of hydrogen-bond acceptors (Lipinski definition) is 2. The summed E-state index contributed by atoms with van der Waals surface area (Å²) in [5.74, 6) is -0.0890. The molecule has 0 atom stereocenters. The van der Waals surface area contributed by atoms with E-state index in [0.29, 0.717) is 6.42 Å². The first kappa shape index (κ1) is 14.9. The Kier molecular flexibility index (Phi) is 11.1. The largest absolute Gasteiger partial charge is 0.353 e. The van der Waals surface area contributed by atoms with Crippen LogP contribution in [0.3, 0.4) is 0 Å². The highest BCUT2D eigenvalue weighted by Crippen LogP contribution is 2.07. The molecule has 3 heteroatoms. The maximum absolute atomic E-state index is 10.8. The molecule has 92 valence electrons. The molecule has 0 bridgehead atoms. The summed E-state index contributed by atoms with van der Waals surface area (Å²) in [5, 5.41) is 2.76. The van der Waals surface area contributed by atoms with Crippen molar-refractivity contribution in [1.29, 1.82) is 0 Å². The Labute approximate surface area is 98.3 Å². The van der Waals surface area contributed by atoms with Crippen molar-refractivity contribution in [2.45, 2.75) is 51.4 Å². The highest BCUT2D eigenvalue weighted by molar-refractivity contribution is 5.86. The van der Waals surface area contributed by atoms with Gasteiger partial charge in [-0.15, -0.1) is 0 Å². The van der Waals surface area contributed by atoms with E-state index in [0.717, 1.165) is 38.5 Å². The summed E-state index contributed by atoms with van der Waals surface area (Å²) < 4.78 is 0. The van der Waals surface area contributed by atoms with E-state index in [1.807, 2.05) is 0 Å². The standard InChI is InChI=1S/C13H23NO2/c1-2-13(16)14-11-9-7-5-3-4-6-8-10-12-15/h2,12H,1,3-11H2,(H,14,16). The van der Waals surface area contributed by atoms with Crippen LogP contribution in [0.15, 0.2) is 12.7 Å². The van der Waals surface area contributed by atoms with Crippen LogP contribution in [0.4, 0.5) is 0 Å². The lowest BCUT2D eigenvalue weighted by molar-refractivity contribution is -0.116. The maximum Gasteiger partial charge on any atom is 0.243 e. The Bertz CT molecular complexity index is 202. The second-order valence-corrected chi connectivity index (χ2v) is 3.93. The molecule has 1 N–H and O–H groups in total. The van der Waals surface area contributed by atoms with E-state index in [2.05, 4.69) is 11.9 Å². The second kappa shape index (κ2) is 12.0. The molecule has 0 unspecified atom stereocenters. The molecular formula is C13H23NO2. The molecule has 0 aliphatic heterocycles. The van der Waals surface area contributed by atoms with Gasteiger partial charge in [-0.1, -0.05) is 38.7 Å². The zero-order valence-electron chi connectivity index (χ0n) is 10.0. The molecular weight excluding hydrogens is 202 g/mol. The van der Waals surface area contributed by atoms with Crippen molar-refractivity contribution < 1.29 is 9.59 Å². The van der Waals surface area contributed by atoms with Crippen LogP contribution in [-0.2, 0) is 9.59 Å². The number of amides is 1. The third kappa shape index (κ3) is 11.0. The van der Waals surface area contributed by atoms with Crippen molar-refractivity contribution >= 4 is 12.2 Å². The monoisotopic (exact) mass is 225 g/mol. The number of aldehydes is 1. The van der Waals surface area contributed by atoms with E-state index >= 15 is 0 Å². The first-order valence-corrected chi connectivity index (χ1v) is 6.15. The zero-order valence-corrected chi connectivity index (χ0v) is 10.0. The smallest absolute Gasteiger partial charge is 0.243 e. The van der Waals surface area contributed by atoms with Gasteiger partial charge in [0.05, 0.1) is 0 Å². The number of carbonyl (C=O) groups excluding carboxylic acids is 2. The molecule has 0 rings (SSSR count). The molecule has 3 nitrogen and oxygen atoms in total. The Morgan fingerprint density at radius 3 is 2.12 bits per heavy atom. The number of nitrogens with one attached hydrogen (secondary N) is 1. The van der Waals surface area contributed by atoms with Crippen molar-refractivity contribution in [3.63, 3.8) is 0 Å². The van der Waals surface area contributed by atoms with Gasteiger partial charge in [-0.25, -0.2) is 0 Å². The average molecular weight is 225 g/mol. The Balaban J connectivity index is 3.01. The molecule has 1 amide bonds. The van der Waals surface area contributed by atoms with E-state index < -0.39 is 0 Å². The summed E-state index contributed by atoms with van der Waals surface area (Å²) >= 11 is 0. The van der Waals surface area contributed by atoms with Crippen molar-refractivity contribution in [2.75, 3.05) is 6.54 Å². The van der Waals surface area contributed by atoms with Crippen molar-refractivity contribution in [2.24, 2.45) is 0 Å². The lowest BCUT2D eigenvalue weighted by Gasteiger charge is -2.02. The fourth-order valence-electron chi connectivity index (χ4n) is 1.52. The van der Waals surface area contributed by atoms with Crippen LogP contribution in [0.2, 0.25) is 0 Å². The van der Waals surface area contributed by atoms with E-state index in [1.165, 1.54) is 25.3 Å². The van der Waals surface area contributed by atoms with Gasteiger partial charge < -0.3 is 10.1 Å². The molecule has 0 aromatic heterocycles. The van der Waals surface area contributed by atoms with Gasteiger partial charge in [0.15, 0.2) is 0 Å². The molecule has 0 heterocycles. The summed E-state index contributed by atoms with van der Waals surface area (Å²) in [7, 11) is 0. The van der Waals surface area contributed by atoms with Crippen LogP contribution in [0.5, 0.6) is 0 Å². The fourth-order valence-corrected chi connectivity index (χ4v) is 1.52. The van der Waals surface area contributed by atoms with E-state index in [1.54, 1.807) is 0 Å². The van der Waals surface area contributed by atoms with Gasteiger partial charge in [-0.2, -0.15) is 0 Å². The average Bonchev–Trinajstić information content (AvgIpc) is 2.31. The van der Waals surface area contributed by atoms with E-state index in [-0.39, 0.29) is 5.91 Å². The summed E-state index contributed by atoms with van der Waals surface area (Å²) in [6.07, 6.45) is 11.0. The molecule has 0 fully saturated rings. The highest BCUT2D eigenvalue weighted by atomic mass is 16.1. The molecule has 16 heavy (non-hydrogen) atoms. The minimum atomic E-state index is -0.0890. The van der Waals surface area contributed by atoms with Crippen LogP contribution >= 0.6 is 0 Å². The third-order valence-corrected chi connectivity index (χ3v) is 2.48. The lowest BCUT2D eigenvalue weighted by Crippen LogP contribution is -2.21. The molecule has 0 aromatic carbocycles. The summed E-state index contributed by atoms with van der Waals surface area (Å²) in [6.45, 7) is 4.13. The molecule has 0 spiro atoms. The van der Waals surface area contributed by atoms with Crippen LogP contribution in [0.1, 0.15) is 51.4 Å². The van der Waals surface area contributed by atoms with Gasteiger partial charge >= 0.3 is 0 Å². The maximum atomic E-state index is 10.8. The summed E-state index contributed by atoms with van der Waals surface area (Å²) in [5.41, 5.74) is 0. The zero-order chi connectivity index (χ0) is 12.1. The van der Waals surface area contributed by atoms with Crippen molar-refractivity contribution in [3.8, 4) is 0 Å². The normalized spacial score (nSPS) is 9.75. The van der Waals surface area contributed by atoms with Gasteiger partial charge in [0.2, 0.25) is 5.91 Å². The number of unbranched alkanes of at least 4 members (excludes halogenated alkanes) is 7. The van der Waals surface area contributed by atoms with Crippen LogP contribution < -0.4 is 5.32 Å². The fraction of sp³-hybridized carbons (Fsp3) is 0.692. The minimum Gasteiger partial charge on any atom is -0.353 e. The molecule has 0 radical (unpaired) electrons. The lowest BCUT2D eigenvalue weighted by atomic mass is 10.1. The number of hydrogen-bond donors (Lipinski definition) is 1. The first-order valence-electron chi connectivity index (χ1n) is 6.15. The minimum absolute atomic E-state index is 0.0890. The van der Waals surface area contributed by atoms with Crippen molar-refractivity contribution in [3.05, 3.63) is 12.7 Å². The van der Waals surface area contributed by atoms with Crippen LogP contribution in [0.25, 0.3) is 0 Å².